The van der Waals surface area contributed by atoms with Crippen molar-refractivity contribution < 1.29 is 17.7 Å². The summed E-state index contributed by atoms with van der Waals surface area (Å²) in [5, 5.41) is 4.40. The second kappa shape index (κ2) is 6.45. The third-order valence-corrected chi connectivity index (χ3v) is 4.89. The second-order valence-electron chi connectivity index (χ2n) is 5.48. The third kappa shape index (κ3) is 3.46. The summed E-state index contributed by atoms with van der Waals surface area (Å²) in [5.41, 5.74) is 1.53. The maximum absolute atomic E-state index is 12.3. The van der Waals surface area contributed by atoms with Crippen LogP contribution in [0.2, 0.25) is 0 Å². The Bertz CT molecular complexity index is 964. The Balaban J connectivity index is 1.75. The van der Waals surface area contributed by atoms with Gasteiger partial charge in [-0.25, -0.2) is 8.42 Å². The molecule has 1 N–H and O–H groups in total. The number of sulfonamides is 1. The highest BCUT2D eigenvalue weighted by atomic mass is 32.2. The van der Waals surface area contributed by atoms with E-state index in [-0.39, 0.29) is 5.69 Å². The lowest BCUT2D eigenvalue weighted by molar-refractivity contribution is -0.120. The van der Waals surface area contributed by atoms with Crippen LogP contribution in [-0.4, -0.2) is 19.5 Å². The van der Waals surface area contributed by atoms with Crippen molar-refractivity contribution in [1.29, 1.82) is 0 Å². The van der Waals surface area contributed by atoms with E-state index in [0.717, 1.165) is 5.56 Å². The van der Waals surface area contributed by atoms with Crippen molar-refractivity contribution in [2.75, 3.05) is 0 Å². The summed E-state index contributed by atoms with van der Waals surface area (Å²) in [6.45, 7) is 1.66. The average molecular weight is 344 g/mol. The molecular weight excluding hydrogens is 328 g/mol. The minimum atomic E-state index is -3.87. The second-order valence-corrected chi connectivity index (χ2v) is 7.21. The summed E-state index contributed by atoms with van der Waals surface area (Å²) in [6.07, 6.45) is 0. The van der Waals surface area contributed by atoms with Crippen LogP contribution in [0.1, 0.15) is 24.1 Å². The van der Waals surface area contributed by atoms with E-state index in [0.29, 0.717) is 11.0 Å². The van der Waals surface area contributed by atoms with E-state index in [1.165, 1.54) is 0 Å². The quantitative estimate of drug-likeness (QED) is 0.768. The summed E-state index contributed by atoms with van der Waals surface area (Å²) in [6, 6.07) is 16.0. The van der Waals surface area contributed by atoms with Crippen molar-refractivity contribution >= 4 is 26.9 Å². The first-order valence-electron chi connectivity index (χ1n) is 7.39. The van der Waals surface area contributed by atoms with Gasteiger partial charge >= 0.3 is 0 Å². The van der Waals surface area contributed by atoms with Crippen LogP contribution in [0.4, 0.5) is 0 Å². The standard InChI is InChI=1S/C17H16N2O4S/c1-12(13-7-3-2-4-8-13)17(20)19-24(21,22)11-15-14-9-5-6-10-16(14)23-18-15/h2-10,12H,11H2,1H3,(H,19,20). The predicted molar refractivity (Wildman–Crippen MR) is 89.6 cm³/mol. The van der Waals surface area contributed by atoms with Gasteiger partial charge in [0.1, 0.15) is 11.4 Å². The molecule has 0 bridgehead atoms. The molecule has 0 spiro atoms. The van der Waals surface area contributed by atoms with Gasteiger partial charge in [0.25, 0.3) is 0 Å². The SMILES string of the molecule is CC(C(=O)NS(=O)(=O)Cc1noc2ccccc12)c1ccccc1. The van der Waals surface area contributed by atoms with Crippen LogP contribution in [0.15, 0.2) is 59.1 Å². The van der Waals surface area contributed by atoms with Crippen molar-refractivity contribution in [3.05, 3.63) is 65.9 Å². The lowest BCUT2D eigenvalue weighted by Crippen LogP contribution is -2.34. The zero-order chi connectivity index (χ0) is 17.2. The molecule has 0 saturated carbocycles. The molecular formula is C17H16N2O4S. The molecule has 0 radical (unpaired) electrons. The molecule has 124 valence electrons. The summed E-state index contributed by atoms with van der Waals surface area (Å²) in [5.74, 6) is -1.57. The molecule has 2 aromatic carbocycles. The normalized spacial score (nSPS) is 12.9. The maximum atomic E-state index is 12.3. The zero-order valence-electron chi connectivity index (χ0n) is 13.0. The van der Waals surface area contributed by atoms with E-state index < -0.39 is 27.6 Å². The monoisotopic (exact) mass is 344 g/mol. The minimum absolute atomic E-state index is 0.276. The smallest absolute Gasteiger partial charge is 0.240 e. The Morgan fingerprint density at radius 1 is 1.12 bits per heavy atom. The maximum Gasteiger partial charge on any atom is 0.240 e. The van der Waals surface area contributed by atoms with Gasteiger partial charge < -0.3 is 4.52 Å². The van der Waals surface area contributed by atoms with E-state index in [2.05, 4.69) is 9.88 Å². The van der Waals surface area contributed by atoms with Crippen LogP contribution in [0.5, 0.6) is 0 Å². The molecule has 1 amide bonds. The number of carbonyl (C=O) groups excluding carboxylic acids is 1. The summed E-state index contributed by atoms with van der Waals surface area (Å²) >= 11 is 0. The predicted octanol–water partition coefficient (Wildman–Crippen LogP) is 2.58. The highest BCUT2D eigenvalue weighted by Gasteiger charge is 2.23. The molecule has 7 heteroatoms. The Morgan fingerprint density at radius 2 is 1.79 bits per heavy atom. The van der Waals surface area contributed by atoms with Crippen LogP contribution in [0, 0.1) is 0 Å². The van der Waals surface area contributed by atoms with Crippen molar-refractivity contribution in [3.63, 3.8) is 0 Å². The number of carbonyl (C=O) groups is 1. The number of amides is 1. The number of nitrogens with one attached hydrogen (secondary N) is 1. The number of hydrogen-bond acceptors (Lipinski definition) is 5. The fraction of sp³-hybridized carbons (Fsp3) is 0.176. The number of fused-ring (bicyclic) bond motifs is 1. The van der Waals surface area contributed by atoms with Crippen molar-refractivity contribution in [3.8, 4) is 0 Å². The van der Waals surface area contributed by atoms with Crippen molar-refractivity contribution in [2.24, 2.45) is 0 Å². The van der Waals surface area contributed by atoms with Crippen molar-refractivity contribution in [1.82, 2.24) is 9.88 Å². The Morgan fingerprint density at radius 3 is 2.54 bits per heavy atom. The van der Waals surface area contributed by atoms with Gasteiger partial charge in [-0.3, -0.25) is 9.52 Å². The average Bonchev–Trinajstić information content (AvgIpc) is 2.97. The Hall–Kier alpha value is -2.67. The number of para-hydroxylation sites is 1. The van der Waals surface area contributed by atoms with Gasteiger partial charge in [0.15, 0.2) is 5.58 Å². The molecule has 3 rings (SSSR count). The number of aromatic nitrogens is 1. The first-order chi connectivity index (χ1) is 11.5. The molecule has 1 aromatic heterocycles. The number of benzene rings is 2. The van der Waals surface area contributed by atoms with Gasteiger partial charge in [-0.1, -0.05) is 47.6 Å². The first-order valence-corrected chi connectivity index (χ1v) is 9.04. The van der Waals surface area contributed by atoms with E-state index in [9.17, 15) is 13.2 Å². The summed E-state index contributed by atoms with van der Waals surface area (Å²) < 4.78 is 31.7. The van der Waals surface area contributed by atoms with Gasteiger partial charge in [0.2, 0.25) is 15.9 Å². The number of hydrogen-bond donors (Lipinski definition) is 1. The van der Waals surface area contributed by atoms with Crippen LogP contribution < -0.4 is 4.72 Å². The molecule has 1 unspecified atom stereocenters. The molecule has 1 atom stereocenters. The van der Waals surface area contributed by atoms with Crippen LogP contribution >= 0.6 is 0 Å². The molecule has 0 aliphatic rings. The van der Waals surface area contributed by atoms with Crippen LogP contribution in [-0.2, 0) is 20.6 Å². The minimum Gasteiger partial charge on any atom is -0.356 e. The van der Waals surface area contributed by atoms with Crippen LogP contribution in [0.25, 0.3) is 11.0 Å². The first kappa shape index (κ1) is 16.2. The lowest BCUT2D eigenvalue weighted by atomic mass is 10.0. The Kier molecular flexibility index (Phi) is 4.35. The van der Waals surface area contributed by atoms with Gasteiger partial charge in [-0.2, -0.15) is 0 Å². The fourth-order valence-electron chi connectivity index (χ4n) is 2.39. The van der Waals surface area contributed by atoms with Crippen LogP contribution in [0.3, 0.4) is 0 Å². The summed E-state index contributed by atoms with van der Waals surface area (Å²) in [4.78, 5) is 12.2. The van der Waals surface area contributed by atoms with Gasteiger partial charge in [0, 0.05) is 5.39 Å². The van der Waals surface area contributed by atoms with Gasteiger partial charge in [0.05, 0.1) is 5.92 Å². The largest absolute Gasteiger partial charge is 0.356 e. The third-order valence-electron chi connectivity index (χ3n) is 3.73. The molecule has 0 aliphatic carbocycles. The molecule has 0 aliphatic heterocycles. The van der Waals surface area contributed by atoms with E-state index >= 15 is 0 Å². The molecule has 24 heavy (non-hydrogen) atoms. The molecule has 6 nitrogen and oxygen atoms in total. The molecule has 1 heterocycles. The fourth-order valence-corrected chi connectivity index (χ4v) is 3.52. The van der Waals surface area contributed by atoms with Gasteiger partial charge in [-0.15, -0.1) is 0 Å². The van der Waals surface area contributed by atoms with E-state index in [1.54, 1.807) is 55.5 Å². The highest BCUT2D eigenvalue weighted by molar-refractivity contribution is 7.89. The summed E-state index contributed by atoms with van der Waals surface area (Å²) in [7, 11) is -3.87. The lowest BCUT2D eigenvalue weighted by Gasteiger charge is -2.12. The van der Waals surface area contributed by atoms with E-state index in [4.69, 9.17) is 4.52 Å². The molecule has 3 aromatic rings. The number of nitrogens with zero attached hydrogens (tertiary/aromatic N) is 1. The molecule has 0 fully saturated rings. The topological polar surface area (TPSA) is 89.3 Å². The van der Waals surface area contributed by atoms with Gasteiger partial charge in [-0.05, 0) is 24.6 Å². The Labute approximate surface area is 139 Å². The van der Waals surface area contributed by atoms with Crippen molar-refractivity contribution in [2.45, 2.75) is 18.6 Å². The zero-order valence-corrected chi connectivity index (χ0v) is 13.8. The molecule has 0 saturated heterocycles. The highest BCUT2D eigenvalue weighted by Crippen LogP contribution is 2.20. The van der Waals surface area contributed by atoms with E-state index in [1.807, 2.05) is 6.07 Å². The number of rotatable bonds is 5.